The summed E-state index contributed by atoms with van der Waals surface area (Å²) in [5, 5.41) is 14.1. The third-order valence-electron chi connectivity index (χ3n) is 5.42. The summed E-state index contributed by atoms with van der Waals surface area (Å²) in [7, 11) is 0. The largest absolute Gasteiger partial charge is 0.416 e. The van der Waals surface area contributed by atoms with Gasteiger partial charge in [-0.2, -0.15) is 13.2 Å². The van der Waals surface area contributed by atoms with Gasteiger partial charge in [0.25, 0.3) is 5.91 Å². The molecule has 0 atom stereocenters. The van der Waals surface area contributed by atoms with E-state index in [4.69, 9.17) is 0 Å². The Kier molecular flexibility index (Phi) is 7.11. The normalized spacial score (nSPS) is 11.4. The first-order chi connectivity index (χ1) is 17.9. The zero-order chi connectivity index (χ0) is 25.8. The lowest BCUT2D eigenvalue weighted by molar-refractivity contribution is -0.137. The van der Waals surface area contributed by atoms with E-state index < -0.39 is 17.6 Å². The Balaban J connectivity index is 1.29. The van der Waals surface area contributed by atoms with Crippen molar-refractivity contribution in [2.24, 2.45) is 0 Å². The molecule has 3 aromatic carbocycles. The van der Waals surface area contributed by atoms with Crippen molar-refractivity contribution in [1.29, 1.82) is 0 Å². The first-order valence-electron chi connectivity index (χ1n) is 11.1. The van der Waals surface area contributed by atoms with Crippen molar-refractivity contribution >= 4 is 34.7 Å². The number of thioether (sulfide) groups is 1. The van der Waals surface area contributed by atoms with Crippen LogP contribution in [0.5, 0.6) is 0 Å². The molecule has 2 aromatic heterocycles. The summed E-state index contributed by atoms with van der Waals surface area (Å²) in [5.41, 5.74) is 1.53. The van der Waals surface area contributed by atoms with Crippen LogP contribution in [-0.2, 0) is 11.9 Å². The SMILES string of the molecule is O=C(Nc1cccc(C(F)(F)F)c1)c1ccc(CSc2nnc(-c3cccs3)n2-c2ccccc2)cc1. The van der Waals surface area contributed by atoms with Crippen LogP contribution in [0.4, 0.5) is 18.9 Å². The molecule has 0 unspecified atom stereocenters. The summed E-state index contributed by atoms with van der Waals surface area (Å²) in [6, 6.07) is 25.4. The standard InChI is InChI=1S/C27H19F3N4OS2/c28-27(29,30)20-6-4-7-21(16-20)31-25(35)19-13-11-18(12-14-19)17-37-26-33-32-24(23-10-5-15-36-23)34(26)22-8-2-1-3-9-22/h1-16H,17H2,(H,31,35). The molecule has 37 heavy (non-hydrogen) atoms. The Labute approximate surface area is 219 Å². The quantitative estimate of drug-likeness (QED) is 0.218. The molecule has 0 bridgehead atoms. The number of alkyl halides is 3. The molecule has 0 radical (unpaired) electrons. The second-order valence-electron chi connectivity index (χ2n) is 7.97. The van der Waals surface area contributed by atoms with E-state index in [0.717, 1.165) is 39.2 Å². The molecule has 10 heteroatoms. The minimum atomic E-state index is -4.48. The van der Waals surface area contributed by atoms with Gasteiger partial charge in [0.1, 0.15) is 0 Å². The highest BCUT2D eigenvalue weighted by Gasteiger charge is 2.30. The molecule has 1 amide bonds. The third-order valence-corrected chi connectivity index (χ3v) is 7.29. The van der Waals surface area contributed by atoms with Gasteiger partial charge in [-0.05, 0) is 59.5 Å². The number of carbonyl (C=O) groups is 1. The van der Waals surface area contributed by atoms with E-state index >= 15 is 0 Å². The molecule has 0 aliphatic rings. The second kappa shape index (κ2) is 10.6. The second-order valence-corrected chi connectivity index (χ2v) is 9.86. The highest BCUT2D eigenvalue weighted by atomic mass is 32.2. The van der Waals surface area contributed by atoms with E-state index in [1.165, 1.54) is 23.9 Å². The monoisotopic (exact) mass is 536 g/mol. The molecule has 5 nitrogen and oxygen atoms in total. The minimum absolute atomic E-state index is 0.0845. The number of carbonyl (C=O) groups excluding carboxylic acids is 1. The number of nitrogens with zero attached hydrogens (tertiary/aromatic N) is 3. The lowest BCUT2D eigenvalue weighted by Gasteiger charge is -2.11. The number of hydrogen-bond donors (Lipinski definition) is 1. The summed E-state index contributed by atoms with van der Waals surface area (Å²) in [6.07, 6.45) is -4.48. The Morgan fingerprint density at radius 1 is 0.919 bits per heavy atom. The fourth-order valence-electron chi connectivity index (χ4n) is 3.62. The van der Waals surface area contributed by atoms with Crippen molar-refractivity contribution in [3.8, 4) is 16.4 Å². The molecule has 0 aliphatic carbocycles. The van der Waals surface area contributed by atoms with Gasteiger partial charge >= 0.3 is 6.18 Å². The van der Waals surface area contributed by atoms with Gasteiger partial charge < -0.3 is 5.32 Å². The maximum absolute atomic E-state index is 12.9. The minimum Gasteiger partial charge on any atom is -0.322 e. The number of rotatable bonds is 7. The molecule has 5 rings (SSSR count). The first kappa shape index (κ1) is 24.8. The fourth-order valence-corrected chi connectivity index (χ4v) is 5.22. The van der Waals surface area contributed by atoms with Crippen LogP contribution >= 0.6 is 23.1 Å². The topological polar surface area (TPSA) is 59.8 Å². The maximum Gasteiger partial charge on any atom is 0.416 e. The number of benzene rings is 3. The average Bonchev–Trinajstić information content (AvgIpc) is 3.58. The number of halogens is 3. The molecule has 2 heterocycles. The van der Waals surface area contributed by atoms with Crippen molar-refractivity contribution < 1.29 is 18.0 Å². The van der Waals surface area contributed by atoms with Crippen LogP contribution in [0.15, 0.2) is 102 Å². The summed E-state index contributed by atoms with van der Waals surface area (Å²) in [5.74, 6) is 0.874. The predicted octanol–water partition coefficient (Wildman–Crippen LogP) is 7.56. The van der Waals surface area contributed by atoms with E-state index in [0.29, 0.717) is 11.3 Å². The number of nitrogens with one attached hydrogen (secondary N) is 1. The number of amides is 1. The maximum atomic E-state index is 12.9. The Morgan fingerprint density at radius 2 is 1.70 bits per heavy atom. The molecule has 5 aromatic rings. The van der Waals surface area contributed by atoms with Crippen molar-refractivity contribution in [1.82, 2.24) is 14.8 Å². The lowest BCUT2D eigenvalue weighted by atomic mass is 10.1. The highest BCUT2D eigenvalue weighted by Crippen LogP contribution is 2.32. The first-order valence-corrected chi connectivity index (χ1v) is 13.0. The van der Waals surface area contributed by atoms with Crippen LogP contribution < -0.4 is 5.32 Å². The van der Waals surface area contributed by atoms with Crippen LogP contribution in [-0.4, -0.2) is 20.7 Å². The van der Waals surface area contributed by atoms with Crippen molar-refractivity contribution in [3.63, 3.8) is 0 Å². The Morgan fingerprint density at radius 3 is 2.41 bits per heavy atom. The van der Waals surface area contributed by atoms with Gasteiger partial charge in [0.2, 0.25) is 0 Å². The van der Waals surface area contributed by atoms with Crippen LogP contribution in [0.1, 0.15) is 21.5 Å². The van der Waals surface area contributed by atoms with E-state index in [2.05, 4.69) is 15.5 Å². The zero-order valence-electron chi connectivity index (χ0n) is 19.1. The zero-order valence-corrected chi connectivity index (χ0v) is 20.8. The van der Waals surface area contributed by atoms with Crippen LogP contribution in [0, 0.1) is 0 Å². The van der Waals surface area contributed by atoms with Gasteiger partial charge in [-0.1, -0.05) is 54.2 Å². The molecule has 0 saturated heterocycles. The van der Waals surface area contributed by atoms with Crippen LogP contribution in [0.3, 0.4) is 0 Å². The number of hydrogen-bond acceptors (Lipinski definition) is 5. The molecule has 0 spiro atoms. The summed E-state index contributed by atoms with van der Waals surface area (Å²) in [4.78, 5) is 13.6. The molecule has 0 saturated carbocycles. The van der Waals surface area contributed by atoms with E-state index in [9.17, 15) is 18.0 Å². The van der Waals surface area contributed by atoms with Gasteiger partial charge in [0, 0.05) is 22.7 Å². The van der Waals surface area contributed by atoms with Gasteiger partial charge in [-0.3, -0.25) is 9.36 Å². The summed E-state index contributed by atoms with van der Waals surface area (Å²) >= 11 is 3.11. The fraction of sp³-hybridized carbons (Fsp3) is 0.0741. The molecular weight excluding hydrogens is 517 g/mol. The van der Waals surface area contributed by atoms with E-state index in [1.54, 1.807) is 23.5 Å². The molecular formula is C27H19F3N4OS2. The highest BCUT2D eigenvalue weighted by molar-refractivity contribution is 7.98. The van der Waals surface area contributed by atoms with Gasteiger partial charge in [-0.15, -0.1) is 21.5 Å². The number of anilines is 1. The van der Waals surface area contributed by atoms with E-state index in [1.807, 2.05) is 64.5 Å². The van der Waals surface area contributed by atoms with Gasteiger partial charge in [0.05, 0.1) is 10.4 Å². The summed E-state index contributed by atoms with van der Waals surface area (Å²) in [6.45, 7) is 0. The lowest BCUT2D eigenvalue weighted by Crippen LogP contribution is -2.13. The molecule has 0 fully saturated rings. The number of aromatic nitrogens is 3. The van der Waals surface area contributed by atoms with Crippen LogP contribution in [0.2, 0.25) is 0 Å². The molecule has 0 aliphatic heterocycles. The summed E-state index contributed by atoms with van der Waals surface area (Å²) < 4.78 is 40.8. The predicted molar refractivity (Wildman–Crippen MR) is 140 cm³/mol. The number of para-hydroxylation sites is 1. The van der Waals surface area contributed by atoms with Gasteiger partial charge in [0.15, 0.2) is 11.0 Å². The third kappa shape index (κ3) is 5.76. The smallest absolute Gasteiger partial charge is 0.322 e. The van der Waals surface area contributed by atoms with Gasteiger partial charge in [-0.25, -0.2) is 0 Å². The van der Waals surface area contributed by atoms with Crippen molar-refractivity contribution in [2.45, 2.75) is 17.1 Å². The Bertz CT molecular complexity index is 1500. The van der Waals surface area contributed by atoms with Crippen molar-refractivity contribution in [2.75, 3.05) is 5.32 Å². The van der Waals surface area contributed by atoms with E-state index in [-0.39, 0.29) is 5.69 Å². The molecule has 1 N–H and O–H groups in total. The molecule has 186 valence electrons. The average molecular weight is 537 g/mol. The number of thiophene rings is 1. The van der Waals surface area contributed by atoms with Crippen LogP contribution in [0.25, 0.3) is 16.4 Å². The van der Waals surface area contributed by atoms with Crippen molar-refractivity contribution in [3.05, 3.63) is 113 Å². The Hall–Kier alpha value is -3.89.